The van der Waals surface area contributed by atoms with Crippen LogP contribution in [0.15, 0.2) is 34.9 Å². The number of hydrogen-bond donors (Lipinski definition) is 2. The summed E-state index contributed by atoms with van der Waals surface area (Å²) in [4.78, 5) is 0. The zero-order chi connectivity index (χ0) is 16.6. The molecule has 4 heteroatoms. The molecule has 1 aromatic carbocycles. The molecule has 1 fully saturated rings. The molecule has 0 aromatic heterocycles. The van der Waals surface area contributed by atoms with Gasteiger partial charge in [0.05, 0.1) is 6.21 Å². The molecule has 1 saturated carbocycles. The van der Waals surface area contributed by atoms with E-state index in [1.54, 1.807) is 0 Å². The lowest BCUT2D eigenvalue weighted by Gasteiger charge is -2.55. The summed E-state index contributed by atoms with van der Waals surface area (Å²) in [6.45, 7) is 8.87. The monoisotopic (exact) mass is 327 g/mol. The number of benzene rings is 1. The Morgan fingerprint density at radius 1 is 1.35 bits per heavy atom. The average molecular weight is 327 g/mol. The van der Waals surface area contributed by atoms with Crippen molar-refractivity contribution in [3.05, 3.63) is 41.0 Å². The summed E-state index contributed by atoms with van der Waals surface area (Å²) in [5.74, 6) is 1.50. The first-order valence-electron chi connectivity index (χ1n) is 8.25. The molecular weight excluding hydrogens is 302 g/mol. The second kappa shape index (κ2) is 6.08. The molecule has 3 nitrogen and oxygen atoms in total. The Morgan fingerprint density at radius 2 is 2.13 bits per heavy atom. The maximum Gasteiger partial charge on any atom is 0.191 e. The number of rotatable bonds is 3. The molecule has 0 unspecified atom stereocenters. The number of thiocarbonyl (C=S) groups is 1. The Kier molecular flexibility index (Phi) is 4.28. The van der Waals surface area contributed by atoms with Crippen LogP contribution in [0.1, 0.15) is 37.8 Å². The van der Waals surface area contributed by atoms with Gasteiger partial charge in [0.15, 0.2) is 5.11 Å². The van der Waals surface area contributed by atoms with Crippen LogP contribution in [0.5, 0.6) is 0 Å². The second-order valence-electron chi connectivity index (χ2n) is 7.39. The van der Waals surface area contributed by atoms with Crippen molar-refractivity contribution in [3.63, 3.8) is 0 Å². The van der Waals surface area contributed by atoms with Gasteiger partial charge in [-0.15, -0.1) is 0 Å². The van der Waals surface area contributed by atoms with Gasteiger partial charge in [-0.05, 0) is 78.9 Å². The Bertz CT molecular complexity index is 688. The topological polar surface area (TPSA) is 36.4 Å². The Labute approximate surface area is 144 Å². The first kappa shape index (κ1) is 16.2. The summed E-state index contributed by atoms with van der Waals surface area (Å²) in [5, 5.41) is 8.08. The van der Waals surface area contributed by atoms with Crippen LogP contribution < -0.4 is 10.7 Å². The third kappa shape index (κ3) is 3.18. The third-order valence-corrected chi connectivity index (χ3v) is 5.73. The molecule has 23 heavy (non-hydrogen) atoms. The van der Waals surface area contributed by atoms with E-state index in [9.17, 15) is 0 Å². The lowest BCUT2D eigenvalue weighted by atomic mass is 9.49. The van der Waals surface area contributed by atoms with E-state index in [2.05, 4.69) is 67.8 Å². The van der Waals surface area contributed by atoms with E-state index < -0.39 is 0 Å². The van der Waals surface area contributed by atoms with Crippen LogP contribution in [0, 0.1) is 31.1 Å². The third-order valence-electron chi connectivity index (χ3n) is 5.53. The zero-order valence-electron chi connectivity index (χ0n) is 14.3. The minimum Gasteiger partial charge on any atom is -0.331 e. The molecule has 2 atom stereocenters. The van der Waals surface area contributed by atoms with Gasteiger partial charge in [0.25, 0.3) is 0 Å². The molecule has 122 valence electrons. The molecule has 0 amide bonds. The van der Waals surface area contributed by atoms with Gasteiger partial charge in [-0.2, -0.15) is 5.10 Å². The molecule has 0 aliphatic heterocycles. The number of hydrogen-bond acceptors (Lipinski definition) is 2. The summed E-state index contributed by atoms with van der Waals surface area (Å²) in [6, 6.07) is 6.28. The van der Waals surface area contributed by atoms with Gasteiger partial charge < -0.3 is 5.32 Å². The molecule has 2 N–H and O–H groups in total. The minimum atomic E-state index is 0.424. The molecule has 1 aromatic rings. The van der Waals surface area contributed by atoms with Crippen LogP contribution in [-0.2, 0) is 0 Å². The van der Waals surface area contributed by atoms with E-state index in [0.717, 1.165) is 11.6 Å². The summed E-state index contributed by atoms with van der Waals surface area (Å²) >= 11 is 5.33. The molecule has 0 heterocycles. The molecule has 0 spiro atoms. The lowest BCUT2D eigenvalue weighted by molar-refractivity contribution is -0.00126. The second-order valence-corrected chi connectivity index (χ2v) is 7.80. The predicted molar refractivity (Wildman–Crippen MR) is 102 cm³/mol. The Hall–Kier alpha value is -1.68. The molecule has 4 rings (SSSR count). The summed E-state index contributed by atoms with van der Waals surface area (Å²) in [5.41, 5.74) is 8.11. The maximum atomic E-state index is 5.33. The van der Waals surface area contributed by atoms with E-state index in [1.807, 2.05) is 6.21 Å². The highest BCUT2D eigenvalue weighted by atomic mass is 32.1. The minimum absolute atomic E-state index is 0.424. The van der Waals surface area contributed by atoms with Crippen LogP contribution in [0.3, 0.4) is 0 Å². The van der Waals surface area contributed by atoms with Gasteiger partial charge in [0, 0.05) is 5.69 Å². The van der Waals surface area contributed by atoms with Crippen LogP contribution in [0.4, 0.5) is 5.69 Å². The number of nitrogens with one attached hydrogen (secondary N) is 2. The van der Waals surface area contributed by atoms with Crippen LogP contribution in [-0.4, -0.2) is 11.3 Å². The molecule has 2 bridgehead atoms. The largest absolute Gasteiger partial charge is 0.331 e. The van der Waals surface area contributed by atoms with Gasteiger partial charge in [0.1, 0.15) is 0 Å². The number of allylic oxidation sites excluding steroid dienone is 2. The van der Waals surface area contributed by atoms with E-state index in [-0.39, 0.29) is 0 Å². The lowest BCUT2D eigenvalue weighted by Crippen LogP contribution is -2.48. The summed E-state index contributed by atoms with van der Waals surface area (Å²) in [6.07, 6.45) is 6.75. The van der Waals surface area contributed by atoms with Crippen molar-refractivity contribution in [2.45, 2.75) is 40.5 Å². The number of nitrogens with zero attached hydrogens (tertiary/aromatic N) is 1. The summed E-state index contributed by atoms with van der Waals surface area (Å²) < 4.78 is 0. The fraction of sp³-hybridized carbons (Fsp3) is 0.474. The molecule has 0 saturated heterocycles. The standard InChI is InChI=1S/C19H25N3S/c1-12-5-6-13(2)17(9-12)21-18(23)22-20-11-14-7-8-15-10-16(14)19(15,3)4/h5-7,9,11,15-16H,8,10H2,1-4H3,(H2,21,22,23)/b20-11-/t15-,16+/m1/s1. The highest BCUT2D eigenvalue weighted by Crippen LogP contribution is 2.58. The van der Waals surface area contributed by atoms with Crippen molar-refractivity contribution < 1.29 is 0 Å². The quantitative estimate of drug-likeness (QED) is 0.485. The van der Waals surface area contributed by atoms with Crippen LogP contribution in [0.25, 0.3) is 0 Å². The fourth-order valence-corrected chi connectivity index (χ4v) is 3.89. The molecule has 3 aliphatic carbocycles. The van der Waals surface area contributed by atoms with Crippen molar-refractivity contribution in [2.75, 3.05) is 5.32 Å². The van der Waals surface area contributed by atoms with Crippen molar-refractivity contribution in [2.24, 2.45) is 22.4 Å². The van der Waals surface area contributed by atoms with Crippen LogP contribution >= 0.6 is 12.2 Å². The normalized spacial score (nSPS) is 24.8. The van der Waals surface area contributed by atoms with Crippen molar-refractivity contribution >= 4 is 29.2 Å². The molecular formula is C19H25N3S. The zero-order valence-corrected chi connectivity index (χ0v) is 15.1. The van der Waals surface area contributed by atoms with E-state index >= 15 is 0 Å². The maximum absolute atomic E-state index is 5.33. The van der Waals surface area contributed by atoms with Gasteiger partial charge in [-0.1, -0.05) is 32.1 Å². The van der Waals surface area contributed by atoms with Gasteiger partial charge in [-0.3, -0.25) is 5.43 Å². The molecule has 3 aliphatic rings. The van der Waals surface area contributed by atoms with Gasteiger partial charge >= 0.3 is 0 Å². The van der Waals surface area contributed by atoms with Crippen LogP contribution in [0.2, 0.25) is 0 Å². The van der Waals surface area contributed by atoms with Gasteiger partial charge in [-0.25, -0.2) is 0 Å². The highest BCUT2D eigenvalue weighted by Gasteiger charge is 2.50. The predicted octanol–water partition coefficient (Wildman–Crippen LogP) is 4.57. The molecule has 0 radical (unpaired) electrons. The SMILES string of the molecule is Cc1ccc(C)c(NC(=S)N/N=C\C2=CC[C@@H]3C[C@@H]2C3(C)C)c1. The fourth-order valence-electron chi connectivity index (χ4n) is 3.73. The first-order chi connectivity index (χ1) is 10.9. The smallest absolute Gasteiger partial charge is 0.191 e. The Morgan fingerprint density at radius 3 is 2.83 bits per heavy atom. The number of aryl methyl sites for hydroxylation is 2. The first-order valence-corrected chi connectivity index (χ1v) is 8.66. The van der Waals surface area contributed by atoms with E-state index in [0.29, 0.717) is 16.4 Å². The average Bonchev–Trinajstić information content (AvgIpc) is 2.51. The highest BCUT2D eigenvalue weighted by molar-refractivity contribution is 7.80. The Balaban J connectivity index is 1.57. The number of hydrazone groups is 1. The van der Waals surface area contributed by atoms with E-state index in [4.69, 9.17) is 12.2 Å². The van der Waals surface area contributed by atoms with E-state index in [1.165, 1.54) is 29.5 Å². The van der Waals surface area contributed by atoms with Crippen molar-refractivity contribution in [3.8, 4) is 0 Å². The number of fused-ring (bicyclic) bond motifs is 1. The van der Waals surface area contributed by atoms with Crippen molar-refractivity contribution in [1.29, 1.82) is 0 Å². The number of anilines is 1. The summed E-state index contributed by atoms with van der Waals surface area (Å²) in [7, 11) is 0. The van der Waals surface area contributed by atoms with Crippen molar-refractivity contribution in [1.82, 2.24) is 5.43 Å². The van der Waals surface area contributed by atoms with Gasteiger partial charge in [0.2, 0.25) is 0 Å².